The second kappa shape index (κ2) is 17.1. The summed E-state index contributed by atoms with van der Waals surface area (Å²) in [6, 6.07) is 9.15. The van der Waals surface area contributed by atoms with E-state index in [0.29, 0.717) is 12.2 Å². The Balaban J connectivity index is 1.37. The fraction of sp³-hybridized carbons (Fsp3) is 0.838. The van der Waals surface area contributed by atoms with E-state index in [2.05, 4.69) is 47.0 Å². The highest BCUT2D eigenvalue weighted by Crippen LogP contribution is 2.45. The van der Waals surface area contributed by atoms with Crippen LogP contribution in [0.25, 0.3) is 0 Å². The summed E-state index contributed by atoms with van der Waals surface area (Å²) in [6.45, 7) is 17.7. The van der Waals surface area contributed by atoms with Gasteiger partial charge in [-0.25, -0.2) is 4.39 Å². The largest absolute Gasteiger partial charge is 0.490 e. The summed E-state index contributed by atoms with van der Waals surface area (Å²) in [4.78, 5) is 0. The molecule has 1 unspecified atom stereocenters. The standard InChI is InChI=1S/C37H66F2OSi2/c1-8-12-30-13-15-31(16-14-30)32-17-19-33(20-18-32)34-21-22-35(37(39)36(34)38)40-24-10-11-25-41(4,5)27-28-42(6,7)26-23-29(3)9-2/h21-22,29-33H,8-20,23-28H2,1-7H3. The number of hydrogen-bond acceptors (Lipinski definition) is 1. The molecule has 0 amide bonds. The Bertz CT molecular complexity index is 917. The van der Waals surface area contributed by atoms with Gasteiger partial charge in [-0.05, 0) is 86.2 Å². The summed E-state index contributed by atoms with van der Waals surface area (Å²) in [5.41, 5.74) is 0.577. The molecule has 0 radical (unpaired) electrons. The fourth-order valence-electron chi connectivity index (χ4n) is 7.89. The second-order valence-electron chi connectivity index (χ2n) is 16.1. The van der Waals surface area contributed by atoms with Crippen molar-refractivity contribution < 1.29 is 13.5 Å². The highest BCUT2D eigenvalue weighted by molar-refractivity contribution is 6.82. The maximum atomic E-state index is 15.2. The Hall–Kier alpha value is -0.686. The molecule has 1 aromatic carbocycles. The molecule has 2 aliphatic carbocycles. The molecule has 0 heterocycles. The zero-order valence-electron chi connectivity index (χ0n) is 28.6. The number of rotatable bonds is 17. The first kappa shape index (κ1) is 35.8. The van der Waals surface area contributed by atoms with Crippen molar-refractivity contribution in [2.75, 3.05) is 6.61 Å². The molecule has 0 saturated heterocycles. The van der Waals surface area contributed by atoms with Crippen LogP contribution in [0.2, 0.25) is 50.4 Å². The van der Waals surface area contributed by atoms with E-state index in [-0.39, 0.29) is 11.7 Å². The maximum absolute atomic E-state index is 15.2. The Kier molecular flexibility index (Phi) is 14.6. The lowest BCUT2D eigenvalue weighted by atomic mass is 9.68. The molecular formula is C37H66F2OSi2. The van der Waals surface area contributed by atoms with Gasteiger partial charge in [0.15, 0.2) is 11.6 Å². The van der Waals surface area contributed by atoms with Crippen LogP contribution >= 0.6 is 0 Å². The van der Waals surface area contributed by atoms with Crippen LogP contribution in [0.3, 0.4) is 0 Å². The second-order valence-corrected chi connectivity index (χ2v) is 26.8. The Morgan fingerprint density at radius 1 is 0.762 bits per heavy atom. The molecule has 0 aromatic heterocycles. The molecule has 0 bridgehead atoms. The van der Waals surface area contributed by atoms with Crippen molar-refractivity contribution in [2.45, 2.75) is 167 Å². The summed E-state index contributed by atoms with van der Waals surface area (Å²) in [5, 5.41) is 0. The van der Waals surface area contributed by atoms with Gasteiger partial charge in [0.05, 0.1) is 6.61 Å². The van der Waals surface area contributed by atoms with Gasteiger partial charge in [-0.15, -0.1) is 0 Å². The smallest absolute Gasteiger partial charge is 0.200 e. The predicted octanol–water partition coefficient (Wildman–Crippen LogP) is 12.9. The topological polar surface area (TPSA) is 9.23 Å². The van der Waals surface area contributed by atoms with Gasteiger partial charge in [0, 0.05) is 16.1 Å². The molecule has 1 atom stereocenters. The summed E-state index contributed by atoms with van der Waals surface area (Å²) in [7, 11) is -2.34. The van der Waals surface area contributed by atoms with Crippen LogP contribution in [0, 0.1) is 35.3 Å². The molecule has 2 aliphatic rings. The summed E-state index contributed by atoms with van der Waals surface area (Å²) >= 11 is 0. The summed E-state index contributed by atoms with van der Waals surface area (Å²) in [5.74, 6) is 2.26. The van der Waals surface area contributed by atoms with Gasteiger partial charge in [0.1, 0.15) is 0 Å². The molecule has 0 N–H and O–H groups in total. The van der Waals surface area contributed by atoms with E-state index < -0.39 is 27.8 Å². The molecule has 1 aromatic rings. The van der Waals surface area contributed by atoms with E-state index in [4.69, 9.17) is 4.74 Å². The molecule has 0 spiro atoms. The third-order valence-corrected chi connectivity index (χ3v) is 18.6. The van der Waals surface area contributed by atoms with Crippen LogP contribution in [-0.2, 0) is 0 Å². The van der Waals surface area contributed by atoms with Crippen LogP contribution < -0.4 is 4.74 Å². The first-order chi connectivity index (χ1) is 19.9. The van der Waals surface area contributed by atoms with E-state index in [1.807, 2.05) is 6.07 Å². The number of halogens is 2. The molecule has 0 aliphatic heterocycles. The monoisotopic (exact) mass is 620 g/mol. The summed E-state index contributed by atoms with van der Waals surface area (Å²) < 4.78 is 36.0. The highest BCUT2D eigenvalue weighted by atomic mass is 28.3. The average Bonchev–Trinajstić information content (AvgIpc) is 2.98. The predicted molar refractivity (Wildman–Crippen MR) is 184 cm³/mol. The van der Waals surface area contributed by atoms with Crippen LogP contribution in [0.4, 0.5) is 8.78 Å². The van der Waals surface area contributed by atoms with E-state index in [9.17, 15) is 0 Å². The van der Waals surface area contributed by atoms with Crippen LogP contribution in [0.1, 0.15) is 122 Å². The van der Waals surface area contributed by atoms with Crippen molar-refractivity contribution in [2.24, 2.45) is 23.7 Å². The van der Waals surface area contributed by atoms with Gasteiger partial charge < -0.3 is 4.74 Å². The molecule has 2 saturated carbocycles. The van der Waals surface area contributed by atoms with Gasteiger partial charge in [0.2, 0.25) is 5.82 Å². The normalized spacial score (nSPS) is 24.5. The minimum atomic E-state index is -1.23. The van der Waals surface area contributed by atoms with Gasteiger partial charge in [0.25, 0.3) is 0 Å². The minimum absolute atomic E-state index is 0.0966. The van der Waals surface area contributed by atoms with E-state index in [1.54, 1.807) is 6.07 Å². The third kappa shape index (κ3) is 11.3. The molecule has 1 nitrogen and oxygen atoms in total. The molecule has 3 rings (SSSR count). The SMILES string of the molecule is CCCC1CCC(C2CCC(c3ccc(OCCCC[Si](C)(C)CC[Si](C)(C)CCC(C)CC)c(F)c3F)CC2)CC1. The highest BCUT2D eigenvalue weighted by Gasteiger charge is 2.33. The van der Waals surface area contributed by atoms with Gasteiger partial charge in [-0.2, -0.15) is 4.39 Å². The molecule has 2 fully saturated rings. The Morgan fingerprint density at radius 2 is 1.36 bits per heavy atom. The number of hydrogen-bond donors (Lipinski definition) is 0. The Labute approximate surface area is 261 Å². The Morgan fingerprint density at radius 3 is 1.95 bits per heavy atom. The average molecular weight is 621 g/mol. The van der Waals surface area contributed by atoms with Gasteiger partial charge in [-0.3, -0.25) is 0 Å². The van der Waals surface area contributed by atoms with Crippen molar-refractivity contribution >= 4 is 16.1 Å². The molecular weight excluding hydrogens is 555 g/mol. The molecule has 42 heavy (non-hydrogen) atoms. The quantitative estimate of drug-likeness (QED) is 0.124. The molecule has 5 heteroatoms. The van der Waals surface area contributed by atoms with Gasteiger partial charge in [-0.1, -0.05) is 122 Å². The maximum Gasteiger partial charge on any atom is 0.200 e. The van der Waals surface area contributed by atoms with Crippen LogP contribution in [0.15, 0.2) is 12.1 Å². The molecule has 242 valence electrons. The first-order valence-corrected chi connectivity index (χ1v) is 24.9. The fourth-order valence-corrected chi connectivity index (χ4v) is 16.3. The van der Waals surface area contributed by atoms with E-state index in [0.717, 1.165) is 49.4 Å². The first-order valence-electron chi connectivity index (χ1n) is 18.0. The van der Waals surface area contributed by atoms with Crippen molar-refractivity contribution in [1.82, 2.24) is 0 Å². The summed E-state index contributed by atoms with van der Waals surface area (Å²) in [6.07, 6.45) is 17.3. The van der Waals surface area contributed by atoms with E-state index >= 15 is 8.78 Å². The lowest BCUT2D eigenvalue weighted by molar-refractivity contribution is 0.155. The van der Waals surface area contributed by atoms with Crippen molar-refractivity contribution in [3.8, 4) is 5.75 Å². The van der Waals surface area contributed by atoms with Crippen molar-refractivity contribution in [3.05, 3.63) is 29.3 Å². The van der Waals surface area contributed by atoms with Crippen molar-refractivity contribution in [1.29, 1.82) is 0 Å². The number of unbranched alkanes of at least 4 members (excludes halogenated alkanes) is 1. The lowest BCUT2D eigenvalue weighted by Gasteiger charge is -2.38. The van der Waals surface area contributed by atoms with E-state index in [1.165, 1.54) is 88.4 Å². The number of ether oxygens (including phenoxy) is 1. The zero-order chi connectivity index (χ0) is 30.8. The third-order valence-electron chi connectivity index (χ3n) is 11.5. The van der Waals surface area contributed by atoms with Crippen LogP contribution in [-0.4, -0.2) is 22.8 Å². The van der Waals surface area contributed by atoms with Gasteiger partial charge >= 0.3 is 0 Å². The van der Waals surface area contributed by atoms with Crippen molar-refractivity contribution in [3.63, 3.8) is 0 Å². The minimum Gasteiger partial charge on any atom is -0.490 e. The lowest BCUT2D eigenvalue weighted by Crippen LogP contribution is -2.32. The zero-order valence-corrected chi connectivity index (χ0v) is 30.6. The van der Waals surface area contributed by atoms with Crippen LogP contribution in [0.5, 0.6) is 5.75 Å². The number of benzene rings is 1.